The van der Waals surface area contributed by atoms with Crippen LogP contribution in [0.4, 0.5) is 13.2 Å². The zero-order valence-electron chi connectivity index (χ0n) is 32.1. The number of ketones is 1. The Kier molecular flexibility index (Phi) is 13.4. The second-order valence-corrected chi connectivity index (χ2v) is 16.3. The SMILES string of the molecule is CC1=CCC[C@@]2(C)[C@@H](CC[C@@]2(O)CN(C[C@@H](O)COCc2ccccc2)C[C@H]2CCCO2)c2ccc(cc2C(=O)c2cccc(C(F)(F)F)c2)C[C@@H](O)CC1. The van der Waals surface area contributed by atoms with Crippen LogP contribution in [0.1, 0.15) is 109 Å². The number of ether oxygens (including phenoxy) is 2. The van der Waals surface area contributed by atoms with Gasteiger partial charge in [-0.1, -0.05) is 73.2 Å². The second-order valence-electron chi connectivity index (χ2n) is 16.3. The van der Waals surface area contributed by atoms with E-state index in [4.69, 9.17) is 9.47 Å². The monoisotopic (exact) mass is 763 g/mol. The number of hydrogen-bond acceptors (Lipinski definition) is 7. The average molecular weight is 764 g/mol. The number of carbonyl (C=O) groups is 1. The van der Waals surface area contributed by atoms with Crippen molar-refractivity contribution in [2.24, 2.45) is 5.41 Å². The molecule has 6 atom stereocenters. The lowest BCUT2D eigenvalue weighted by Crippen LogP contribution is -2.55. The van der Waals surface area contributed by atoms with Gasteiger partial charge in [0.05, 0.1) is 42.7 Å². The maximum absolute atomic E-state index is 14.4. The van der Waals surface area contributed by atoms with Crippen molar-refractivity contribution in [3.8, 4) is 0 Å². The molecule has 1 saturated heterocycles. The van der Waals surface area contributed by atoms with Crippen LogP contribution in [0.15, 0.2) is 84.4 Å². The van der Waals surface area contributed by atoms with Crippen molar-refractivity contribution in [2.75, 3.05) is 32.8 Å². The number of aliphatic hydroxyl groups excluding tert-OH is 2. The lowest BCUT2D eigenvalue weighted by atomic mass is 9.64. The van der Waals surface area contributed by atoms with E-state index >= 15 is 0 Å². The molecule has 2 fully saturated rings. The highest BCUT2D eigenvalue weighted by molar-refractivity contribution is 6.10. The predicted molar refractivity (Wildman–Crippen MR) is 206 cm³/mol. The third-order valence-electron chi connectivity index (χ3n) is 12.2. The molecule has 2 bridgehead atoms. The number of fused-ring (bicyclic) bond motifs is 8. The zero-order chi connectivity index (χ0) is 39.2. The van der Waals surface area contributed by atoms with Crippen LogP contribution in [0.5, 0.6) is 0 Å². The number of allylic oxidation sites excluding steroid dienone is 2. The summed E-state index contributed by atoms with van der Waals surface area (Å²) in [5.74, 6) is -0.821. The van der Waals surface area contributed by atoms with Gasteiger partial charge in [0, 0.05) is 42.8 Å². The van der Waals surface area contributed by atoms with Crippen molar-refractivity contribution in [1.82, 2.24) is 4.90 Å². The van der Waals surface area contributed by atoms with Gasteiger partial charge in [0.2, 0.25) is 0 Å². The first-order chi connectivity index (χ1) is 26.2. The van der Waals surface area contributed by atoms with E-state index in [2.05, 4.69) is 24.8 Å². The van der Waals surface area contributed by atoms with Gasteiger partial charge in [-0.05, 0) is 106 Å². The Labute approximate surface area is 323 Å². The molecule has 4 aliphatic rings. The number of halogens is 3. The molecule has 3 aromatic rings. The fraction of sp³-hybridized carbons (Fsp3) is 0.533. The predicted octanol–water partition coefficient (Wildman–Crippen LogP) is 8.03. The molecule has 10 heteroatoms. The van der Waals surface area contributed by atoms with Crippen molar-refractivity contribution in [2.45, 2.75) is 114 Å². The lowest BCUT2D eigenvalue weighted by molar-refractivity contribution is -0.137. The Morgan fingerprint density at radius 1 is 1.04 bits per heavy atom. The molecular formula is C45H56F3NO6. The number of rotatable bonds is 12. The standard InChI is InChI=1S/C45H56F3NO6/c1-31-9-7-20-43(2)41(39-18-16-33(23-36(50)17-15-31)24-40(39)42(52)34-12-6-13-35(25-34)45(46,47)48)19-21-44(43,53)30-49(27-38-14-8-22-55-38)26-37(51)29-54-28-32-10-4-3-5-11-32/h3-6,9-13,16,18,24-25,36-38,41,50-51,53H,7-8,14-15,17,19-23,26-30H2,1-2H3/t36-,37+,38+,41-,43-,44+/m0/s1. The topological polar surface area (TPSA) is 99.5 Å². The molecule has 3 aliphatic carbocycles. The van der Waals surface area contributed by atoms with E-state index in [1.807, 2.05) is 42.5 Å². The summed E-state index contributed by atoms with van der Waals surface area (Å²) in [6, 6.07) is 19.8. The van der Waals surface area contributed by atoms with Gasteiger partial charge in [-0.2, -0.15) is 13.2 Å². The van der Waals surface area contributed by atoms with E-state index in [0.29, 0.717) is 75.8 Å². The Morgan fingerprint density at radius 3 is 2.58 bits per heavy atom. The Hall–Kier alpha value is -3.38. The molecule has 55 heavy (non-hydrogen) atoms. The zero-order valence-corrected chi connectivity index (χ0v) is 32.1. The maximum Gasteiger partial charge on any atom is 0.416 e. The molecule has 0 aromatic heterocycles. The second kappa shape index (κ2) is 17.8. The number of hydrogen-bond donors (Lipinski definition) is 3. The minimum Gasteiger partial charge on any atom is -0.393 e. The fourth-order valence-electron chi connectivity index (χ4n) is 9.08. The van der Waals surface area contributed by atoms with Crippen molar-refractivity contribution >= 4 is 5.78 Å². The summed E-state index contributed by atoms with van der Waals surface area (Å²) in [4.78, 5) is 16.5. The molecule has 3 N–H and O–H groups in total. The van der Waals surface area contributed by atoms with Crippen LogP contribution in [0, 0.1) is 5.41 Å². The van der Waals surface area contributed by atoms with Gasteiger partial charge >= 0.3 is 6.18 Å². The Bertz CT molecular complexity index is 1780. The van der Waals surface area contributed by atoms with Gasteiger partial charge in [0.15, 0.2) is 5.78 Å². The highest BCUT2D eigenvalue weighted by Gasteiger charge is 2.57. The molecule has 1 saturated carbocycles. The summed E-state index contributed by atoms with van der Waals surface area (Å²) in [5.41, 5.74) is 0.930. The van der Waals surface area contributed by atoms with Crippen molar-refractivity contribution in [3.63, 3.8) is 0 Å². The summed E-state index contributed by atoms with van der Waals surface area (Å²) in [5, 5.41) is 35.2. The summed E-state index contributed by atoms with van der Waals surface area (Å²) in [6.07, 6.45) is 1.67. The minimum atomic E-state index is -4.61. The van der Waals surface area contributed by atoms with Gasteiger partial charge in [0.1, 0.15) is 0 Å². The van der Waals surface area contributed by atoms with Gasteiger partial charge in [-0.3, -0.25) is 9.69 Å². The van der Waals surface area contributed by atoms with E-state index in [-0.39, 0.29) is 37.3 Å². The smallest absolute Gasteiger partial charge is 0.393 e. The highest BCUT2D eigenvalue weighted by atomic mass is 19.4. The fourth-order valence-corrected chi connectivity index (χ4v) is 9.08. The molecule has 0 amide bonds. The minimum absolute atomic E-state index is 0.0276. The first-order valence-corrected chi connectivity index (χ1v) is 19.8. The molecule has 0 radical (unpaired) electrons. The van der Waals surface area contributed by atoms with Gasteiger partial charge in [0.25, 0.3) is 0 Å². The number of aliphatic hydroxyl groups is 3. The lowest BCUT2D eigenvalue weighted by Gasteiger charge is -2.46. The molecule has 298 valence electrons. The first kappa shape index (κ1) is 41.3. The Balaban J connectivity index is 1.33. The van der Waals surface area contributed by atoms with E-state index < -0.39 is 40.7 Å². The molecule has 7 rings (SSSR count). The summed E-state index contributed by atoms with van der Waals surface area (Å²) >= 11 is 0. The third kappa shape index (κ3) is 10.1. The number of benzene rings is 3. The van der Waals surface area contributed by atoms with Gasteiger partial charge in [-0.25, -0.2) is 0 Å². The van der Waals surface area contributed by atoms with Crippen LogP contribution >= 0.6 is 0 Å². The van der Waals surface area contributed by atoms with Crippen molar-refractivity contribution in [1.29, 1.82) is 0 Å². The van der Waals surface area contributed by atoms with Crippen molar-refractivity contribution in [3.05, 3.63) is 118 Å². The van der Waals surface area contributed by atoms with Crippen LogP contribution < -0.4 is 0 Å². The molecule has 1 heterocycles. The van der Waals surface area contributed by atoms with E-state index in [9.17, 15) is 33.3 Å². The molecule has 3 aromatic carbocycles. The molecule has 0 unspecified atom stereocenters. The van der Waals surface area contributed by atoms with E-state index in [1.165, 1.54) is 12.1 Å². The molecule has 0 spiro atoms. The molecule has 7 nitrogen and oxygen atoms in total. The summed E-state index contributed by atoms with van der Waals surface area (Å²) in [7, 11) is 0. The van der Waals surface area contributed by atoms with Gasteiger partial charge < -0.3 is 24.8 Å². The summed E-state index contributed by atoms with van der Waals surface area (Å²) in [6.45, 7) is 6.39. The van der Waals surface area contributed by atoms with Gasteiger partial charge in [-0.15, -0.1) is 0 Å². The third-order valence-corrected chi connectivity index (χ3v) is 12.2. The highest BCUT2D eigenvalue weighted by Crippen LogP contribution is 2.59. The van der Waals surface area contributed by atoms with E-state index in [1.54, 1.807) is 6.07 Å². The van der Waals surface area contributed by atoms with Crippen molar-refractivity contribution < 1.29 is 42.8 Å². The van der Waals surface area contributed by atoms with Crippen LogP contribution in [-0.2, 0) is 28.7 Å². The molecule has 1 aliphatic heterocycles. The maximum atomic E-state index is 14.4. The average Bonchev–Trinajstić information content (AvgIpc) is 3.75. The first-order valence-electron chi connectivity index (χ1n) is 19.8. The van der Waals surface area contributed by atoms with Crippen LogP contribution in [0.2, 0.25) is 0 Å². The Morgan fingerprint density at radius 2 is 1.84 bits per heavy atom. The molecular weight excluding hydrogens is 707 g/mol. The van der Waals surface area contributed by atoms with Crippen LogP contribution in [-0.4, -0.2) is 82.8 Å². The number of nitrogens with zero attached hydrogens (tertiary/aromatic N) is 1. The largest absolute Gasteiger partial charge is 0.416 e. The van der Waals surface area contributed by atoms with E-state index in [0.717, 1.165) is 41.7 Å². The quantitative estimate of drug-likeness (QED) is 0.127. The normalized spacial score (nSPS) is 26.8. The number of alkyl halides is 3. The van der Waals surface area contributed by atoms with Crippen LogP contribution in [0.3, 0.4) is 0 Å². The van der Waals surface area contributed by atoms with Crippen LogP contribution in [0.25, 0.3) is 0 Å². The summed E-state index contributed by atoms with van der Waals surface area (Å²) < 4.78 is 53.3. The number of carbonyl (C=O) groups excluding carboxylic acids is 1.